The SMILES string of the molecule is CCNC(=NCC1CC1C)N1CCC(C(=O)OC)CC1.I. The molecule has 122 valence electrons. The number of aliphatic imine (C=N–C) groups is 1. The van der Waals surface area contributed by atoms with Crippen LogP contribution in [0.3, 0.4) is 0 Å². The van der Waals surface area contributed by atoms with Gasteiger partial charge in [-0.25, -0.2) is 0 Å². The number of carbonyl (C=O) groups excluding carboxylic acids is 1. The number of nitrogens with zero attached hydrogens (tertiary/aromatic N) is 2. The van der Waals surface area contributed by atoms with Crippen molar-refractivity contribution in [3.8, 4) is 0 Å². The maximum atomic E-state index is 11.5. The zero-order chi connectivity index (χ0) is 14.5. The summed E-state index contributed by atoms with van der Waals surface area (Å²) < 4.78 is 4.83. The molecule has 2 unspecified atom stereocenters. The van der Waals surface area contributed by atoms with Gasteiger partial charge in [0.2, 0.25) is 0 Å². The Morgan fingerprint density at radius 2 is 2.00 bits per heavy atom. The molecule has 2 rings (SSSR count). The molecular weight excluding hydrogens is 381 g/mol. The van der Waals surface area contributed by atoms with E-state index in [1.165, 1.54) is 13.5 Å². The predicted octanol–water partition coefficient (Wildman–Crippen LogP) is 2.11. The number of nitrogens with one attached hydrogen (secondary N) is 1. The van der Waals surface area contributed by atoms with E-state index in [-0.39, 0.29) is 35.9 Å². The second kappa shape index (κ2) is 8.80. The molecule has 2 aliphatic rings. The lowest BCUT2D eigenvalue weighted by molar-refractivity contribution is -0.146. The van der Waals surface area contributed by atoms with E-state index in [9.17, 15) is 4.79 Å². The molecule has 0 aromatic rings. The third kappa shape index (κ3) is 5.30. The van der Waals surface area contributed by atoms with Gasteiger partial charge in [0.05, 0.1) is 13.0 Å². The summed E-state index contributed by atoms with van der Waals surface area (Å²) in [7, 11) is 1.47. The molecular formula is C15H28IN3O2. The van der Waals surface area contributed by atoms with E-state index in [0.29, 0.717) is 0 Å². The smallest absolute Gasteiger partial charge is 0.308 e. The van der Waals surface area contributed by atoms with Gasteiger partial charge in [-0.3, -0.25) is 9.79 Å². The summed E-state index contributed by atoms with van der Waals surface area (Å²) in [6.45, 7) is 7.96. The summed E-state index contributed by atoms with van der Waals surface area (Å²) in [5.41, 5.74) is 0. The molecule has 1 saturated heterocycles. The predicted molar refractivity (Wildman–Crippen MR) is 95.0 cm³/mol. The Balaban J connectivity index is 0.00000220. The normalized spacial score (nSPS) is 26.0. The minimum Gasteiger partial charge on any atom is -0.469 e. The number of carbonyl (C=O) groups is 1. The van der Waals surface area contributed by atoms with Crippen LogP contribution in [0.1, 0.15) is 33.1 Å². The van der Waals surface area contributed by atoms with Gasteiger partial charge in [-0.1, -0.05) is 6.92 Å². The maximum absolute atomic E-state index is 11.5. The number of rotatable bonds is 4. The van der Waals surface area contributed by atoms with Crippen LogP contribution >= 0.6 is 24.0 Å². The van der Waals surface area contributed by atoms with Gasteiger partial charge >= 0.3 is 5.97 Å². The Morgan fingerprint density at radius 3 is 2.48 bits per heavy atom. The number of halogens is 1. The van der Waals surface area contributed by atoms with Crippen LogP contribution < -0.4 is 5.32 Å². The molecule has 5 nitrogen and oxygen atoms in total. The highest BCUT2D eigenvalue weighted by Gasteiger charge is 2.32. The summed E-state index contributed by atoms with van der Waals surface area (Å²) >= 11 is 0. The molecule has 0 amide bonds. The molecule has 0 bridgehead atoms. The topological polar surface area (TPSA) is 53.9 Å². The highest BCUT2D eigenvalue weighted by Crippen LogP contribution is 2.37. The number of likely N-dealkylation sites (tertiary alicyclic amines) is 1. The van der Waals surface area contributed by atoms with Crippen molar-refractivity contribution >= 4 is 35.9 Å². The van der Waals surface area contributed by atoms with Gasteiger partial charge in [0, 0.05) is 26.2 Å². The van der Waals surface area contributed by atoms with Crippen molar-refractivity contribution in [2.45, 2.75) is 33.1 Å². The van der Waals surface area contributed by atoms with Gasteiger partial charge < -0.3 is 15.0 Å². The molecule has 2 atom stereocenters. The average Bonchev–Trinajstić information content (AvgIpc) is 3.18. The van der Waals surface area contributed by atoms with E-state index in [2.05, 4.69) is 24.1 Å². The molecule has 1 heterocycles. The van der Waals surface area contributed by atoms with Crippen LogP contribution in [0, 0.1) is 17.8 Å². The minimum atomic E-state index is -0.0709. The van der Waals surface area contributed by atoms with Gasteiger partial charge in [-0.05, 0) is 38.0 Å². The van der Waals surface area contributed by atoms with Crippen molar-refractivity contribution in [2.24, 2.45) is 22.7 Å². The molecule has 0 aromatic carbocycles. The van der Waals surface area contributed by atoms with Crippen LogP contribution in [0.15, 0.2) is 4.99 Å². The average molecular weight is 409 g/mol. The van der Waals surface area contributed by atoms with Crippen molar-refractivity contribution in [1.29, 1.82) is 0 Å². The van der Waals surface area contributed by atoms with E-state index in [1.54, 1.807) is 0 Å². The molecule has 1 aliphatic heterocycles. The largest absolute Gasteiger partial charge is 0.469 e. The monoisotopic (exact) mass is 409 g/mol. The van der Waals surface area contributed by atoms with E-state index >= 15 is 0 Å². The summed E-state index contributed by atoms with van der Waals surface area (Å²) in [6.07, 6.45) is 3.03. The van der Waals surface area contributed by atoms with E-state index in [0.717, 1.165) is 56.8 Å². The Bertz CT molecular complexity index is 368. The Labute approximate surface area is 144 Å². The third-order valence-corrected chi connectivity index (χ3v) is 4.42. The minimum absolute atomic E-state index is 0. The van der Waals surface area contributed by atoms with Crippen LogP contribution in [0.25, 0.3) is 0 Å². The number of piperidine rings is 1. The fourth-order valence-electron chi connectivity index (χ4n) is 2.78. The quantitative estimate of drug-likeness (QED) is 0.335. The zero-order valence-corrected chi connectivity index (χ0v) is 15.6. The molecule has 1 saturated carbocycles. The third-order valence-electron chi connectivity index (χ3n) is 4.42. The van der Waals surface area contributed by atoms with Gasteiger partial charge in [0.15, 0.2) is 5.96 Å². The lowest BCUT2D eigenvalue weighted by Crippen LogP contribution is -2.46. The van der Waals surface area contributed by atoms with Crippen LogP contribution in [-0.2, 0) is 9.53 Å². The van der Waals surface area contributed by atoms with Crippen molar-refractivity contribution in [1.82, 2.24) is 10.2 Å². The second-order valence-corrected chi connectivity index (χ2v) is 5.95. The summed E-state index contributed by atoms with van der Waals surface area (Å²) in [4.78, 5) is 18.6. The molecule has 1 aliphatic carbocycles. The van der Waals surface area contributed by atoms with Crippen molar-refractivity contribution in [3.63, 3.8) is 0 Å². The van der Waals surface area contributed by atoms with Crippen molar-refractivity contribution in [2.75, 3.05) is 33.3 Å². The molecule has 0 radical (unpaired) electrons. The summed E-state index contributed by atoms with van der Waals surface area (Å²) in [5.74, 6) is 2.61. The Morgan fingerprint density at radius 1 is 1.38 bits per heavy atom. The first-order valence-corrected chi connectivity index (χ1v) is 7.76. The highest BCUT2D eigenvalue weighted by molar-refractivity contribution is 14.0. The van der Waals surface area contributed by atoms with Gasteiger partial charge in [0.1, 0.15) is 0 Å². The number of hydrogen-bond donors (Lipinski definition) is 1. The van der Waals surface area contributed by atoms with Crippen molar-refractivity contribution in [3.05, 3.63) is 0 Å². The fourth-order valence-corrected chi connectivity index (χ4v) is 2.78. The number of ether oxygens (including phenoxy) is 1. The molecule has 1 N–H and O–H groups in total. The first kappa shape index (κ1) is 18.5. The highest BCUT2D eigenvalue weighted by atomic mass is 127. The first-order valence-electron chi connectivity index (χ1n) is 7.76. The standard InChI is InChI=1S/C15H27N3O2.HI/c1-4-16-15(17-10-13-9-11(13)2)18-7-5-12(6-8-18)14(19)20-3;/h11-13H,4-10H2,1-3H3,(H,16,17);1H. The van der Waals surface area contributed by atoms with E-state index in [4.69, 9.17) is 9.73 Å². The Kier molecular flexibility index (Phi) is 7.76. The van der Waals surface area contributed by atoms with E-state index in [1.807, 2.05) is 0 Å². The summed E-state index contributed by atoms with van der Waals surface area (Å²) in [5, 5.41) is 3.37. The Hall–Kier alpha value is -0.530. The van der Waals surface area contributed by atoms with Crippen LogP contribution in [0.2, 0.25) is 0 Å². The van der Waals surface area contributed by atoms with Crippen LogP contribution in [-0.4, -0.2) is 50.1 Å². The molecule has 0 spiro atoms. The zero-order valence-electron chi connectivity index (χ0n) is 13.3. The van der Waals surface area contributed by atoms with Gasteiger partial charge in [0.25, 0.3) is 0 Å². The lowest BCUT2D eigenvalue weighted by atomic mass is 9.97. The van der Waals surface area contributed by atoms with Crippen molar-refractivity contribution < 1.29 is 9.53 Å². The van der Waals surface area contributed by atoms with Gasteiger partial charge in [-0.2, -0.15) is 0 Å². The number of esters is 1. The second-order valence-electron chi connectivity index (χ2n) is 5.95. The van der Waals surface area contributed by atoms with Gasteiger partial charge in [-0.15, -0.1) is 24.0 Å². The summed E-state index contributed by atoms with van der Waals surface area (Å²) in [6, 6.07) is 0. The first-order chi connectivity index (χ1) is 9.65. The molecule has 21 heavy (non-hydrogen) atoms. The molecule has 6 heteroatoms. The molecule has 2 fully saturated rings. The van der Waals surface area contributed by atoms with Crippen LogP contribution in [0.5, 0.6) is 0 Å². The maximum Gasteiger partial charge on any atom is 0.308 e. The molecule has 0 aromatic heterocycles. The number of guanidine groups is 1. The van der Waals surface area contributed by atoms with Crippen LogP contribution in [0.4, 0.5) is 0 Å². The number of methoxy groups -OCH3 is 1. The van der Waals surface area contributed by atoms with E-state index < -0.39 is 0 Å². The number of hydrogen-bond acceptors (Lipinski definition) is 3. The lowest BCUT2D eigenvalue weighted by Gasteiger charge is -2.33. The fraction of sp³-hybridized carbons (Fsp3) is 0.867.